The minimum Gasteiger partial charge on any atom is -0.278 e. The molecule has 1 aromatic heterocycles. The number of nitrogens with zero attached hydrogens (tertiary/aromatic N) is 3. The molecule has 3 rings (SSSR count). The van der Waals surface area contributed by atoms with Crippen LogP contribution in [0.4, 0.5) is 11.4 Å². The number of nitrogens with one attached hydrogen (secondary N) is 1. The highest BCUT2D eigenvalue weighted by atomic mass is 16.6. The Kier molecular flexibility index (Phi) is 3.74. The molecule has 108 valence electrons. The minimum absolute atomic E-state index is 0.0250. The number of fused-ring (bicyclic) bond motifs is 1. The van der Waals surface area contributed by atoms with Gasteiger partial charge in [0, 0.05) is 23.7 Å². The molecule has 22 heavy (non-hydrogen) atoms. The van der Waals surface area contributed by atoms with Gasteiger partial charge in [-0.15, -0.1) is 0 Å². The van der Waals surface area contributed by atoms with Crippen molar-refractivity contribution in [2.45, 2.75) is 0 Å². The zero-order chi connectivity index (χ0) is 15.4. The third kappa shape index (κ3) is 3.06. The highest BCUT2D eigenvalue weighted by molar-refractivity contribution is 5.88. The zero-order valence-electron chi connectivity index (χ0n) is 11.5. The van der Waals surface area contributed by atoms with Gasteiger partial charge in [0.15, 0.2) is 0 Å². The molecule has 0 aliphatic carbocycles. The molecule has 0 aliphatic rings. The molecule has 6 nitrogen and oxygen atoms in total. The van der Waals surface area contributed by atoms with E-state index in [-0.39, 0.29) is 5.69 Å². The SMILES string of the molecule is O=[N+]([O-])c1cccc(N/N=C\c2ccc3ncccc3c2)c1. The van der Waals surface area contributed by atoms with Gasteiger partial charge in [0.2, 0.25) is 0 Å². The van der Waals surface area contributed by atoms with Gasteiger partial charge in [-0.1, -0.05) is 18.2 Å². The summed E-state index contributed by atoms with van der Waals surface area (Å²) in [5.74, 6) is 0. The number of anilines is 1. The molecule has 0 saturated carbocycles. The van der Waals surface area contributed by atoms with E-state index in [1.165, 1.54) is 12.1 Å². The van der Waals surface area contributed by atoms with Crippen LogP contribution in [0.15, 0.2) is 65.9 Å². The van der Waals surface area contributed by atoms with E-state index in [1.54, 1.807) is 24.5 Å². The maximum atomic E-state index is 10.7. The minimum atomic E-state index is -0.439. The van der Waals surface area contributed by atoms with Crippen molar-refractivity contribution in [3.05, 3.63) is 76.5 Å². The molecule has 0 amide bonds. The molecule has 2 aromatic carbocycles. The third-order valence-electron chi connectivity index (χ3n) is 3.09. The van der Waals surface area contributed by atoms with Gasteiger partial charge in [-0.2, -0.15) is 5.10 Å². The average molecular weight is 292 g/mol. The van der Waals surface area contributed by atoms with Gasteiger partial charge in [0.25, 0.3) is 5.69 Å². The van der Waals surface area contributed by atoms with Crippen LogP contribution in [-0.4, -0.2) is 16.1 Å². The summed E-state index contributed by atoms with van der Waals surface area (Å²) < 4.78 is 0. The van der Waals surface area contributed by atoms with E-state index in [1.807, 2.05) is 30.3 Å². The van der Waals surface area contributed by atoms with Crippen molar-refractivity contribution in [1.82, 2.24) is 4.98 Å². The molecule has 0 radical (unpaired) electrons. The van der Waals surface area contributed by atoms with Gasteiger partial charge in [-0.05, 0) is 29.8 Å². The second-order valence-electron chi connectivity index (χ2n) is 4.63. The van der Waals surface area contributed by atoms with E-state index in [4.69, 9.17) is 0 Å². The highest BCUT2D eigenvalue weighted by Crippen LogP contribution is 2.17. The van der Waals surface area contributed by atoms with E-state index in [0.29, 0.717) is 5.69 Å². The topological polar surface area (TPSA) is 80.4 Å². The highest BCUT2D eigenvalue weighted by Gasteiger charge is 2.04. The van der Waals surface area contributed by atoms with Gasteiger partial charge < -0.3 is 0 Å². The monoisotopic (exact) mass is 292 g/mol. The Hall–Kier alpha value is -3.28. The first-order chi connectivity index (χ1) is 10.7. The second-order valence-corrected chi connectivity index (χ2v) is 4.63. The Morgan fingerprint density at radius 1 is 1.14 bits per heavy atom. The van der Waals surface area contributed by atoms with E-state index >= 15 is 0 Å². The number of hydrazone groups is 1. The lowest BCUT2D eigenvalue weighted by atomic mass is 10.1. The van der Waals surface area contributed by atoms with E-state index < -0.39 is 4.92 Å². The smallest absolute Gasteiger partial charge is 0.271 e. The number of nitro groups is 1. The summed E-state index contributed by atoms with van der Waals surface area (Å²) in [5.41, 5.74) is 5.21. The van der Waals surface area contributed by atoms with E-state index in [2.05, 4.69) is 15.5 Å². The Labute approximate surface area is 126 Å². The summed E-state index contributed by atoms with van der Waals surface area (Å²) in [6, 6.07) is 15.9. The largest absolute Gasteiger partial charge is 0.278 e. The van der Waals surface area contributed by atoms with Crippen molar-refractivity contribution in [3.63, 3.8) is 0 Å². The summed E-state index contributed by atoms with van der Waals surface area (Å²) in [7, 11) is 0. The predicted molar refractivity (Wildman–Crippen MR) is 86.1 cm³/mol. The summed E-state index contributed by atoms with van der Waals surface area (Å²) in [5, 5.41) is 15.8. The molecule has 0 saturated heterocycles. The quantitative estimate of drug-likeness (QED) is 0.452. The number of rotatable bonds is 4. The number of hydrogen-bond donors (Lipinski definition) is 1. The second kappa shape index (κ2) is 6.01. The van der Waals surface area contributed by atoms with Crippen LogP contribution in [0.3, 0.4) is 0 Å². The molecule has 1 N–H and O–H groups in total. The molecule has 0 unspecified atom stereocenters. The van der Waals surface area contributed by atoms with Gasteiger partial charge in [0.05, 0.1) is 22.3 Å². The van der Waals surface area contributed by atoms with Crippen LogP contribution in [0.1, 0.15) is 5.56 Å². The first-order valence-electron chi connectivity index (χ1n) is 6.61. The number of pyridine rings is 1. The van der Waals surface area contributed by atoms with Crippen molar-refractivity contribution in [2.75, 3.05) is 5.43 Å². The summed E-state index contributed by atoms with van der Waals surface area (Å²) in [4.78, 5) is 14.5. The fraction of sp³-hybridized carbons (Fsp3) is 0. The molecule has 0 atom stereocenters. The lowest BCUT2D eigenvalue weighted by Crippen LogP contribution is -1.93. The first-order valence-corrected chi connectivity index (χ1v) is 6.61. The lowest BCUT2D eigenvalue weighted by Gasteiger charge is -2.00. The van der Waals surface area contributed by atoms with Crippen LogP contribution < -0.4 is 5.43 Å². The van der Waals surface area contributed by atoms with Crippen LogP contribution in [0, 0.1) is 10.1 Å². The molecule has 0 aliphatic heterocycles. The molecular weight excluding hydrogens is 280 g/mol. The van der Waals surface area contributed by atoms with Crippen LogP contribution in [-0.2, 0) is 0 Å². The maximum absolute atomic E-state index is 10.7. The molecule has 0 spiro atoms. The Balaban J connectivity index is 1.75. The van der Waals surface area contributed by atoms with Crippen LogP contribution in [0.5, 0.6) is 0 Å². The molecular formula is C16H12N4O2. The number of benzene rings is 2. The van der Waals surface area contributed by atoms with Gasteiger partial charge in [-0.25, -0.2) is 0 Å². The van der Waals surface area contributed by atoms with Crippen molar-refractivity contribution in [2.24, 2.45) is 5.10 Å². The fourth-order valence-corrected chi connectivity index (χ4v) is 2.04. The number of hydrogen-bond acceptors (Lipinski definition) is 5. The number of non-ortho nitro benzene ring substituents is 1. The fourth-order valence-electron chi connectivity index (χ4n) is 2.04. The van der Waals surface area contributed by atoms with Crippen molar-refractivity contribution in [3.8, 4) is 0 Å². The van der Waals surface area contributed by atoms with Gasteiger partial charge >= 0.3 is 0 Å². The molecule has 1 heterocycles. The summed E-state index contributed by atoms with van der Waals surface area (Å²) in [6.45, 7) is 0. The molecule has 0 fully saturated rings. The number of nitro benzene ring substituents is 1. The predicted octanol–water partition coefficient (Wildman–Crippen LogP) is 3.59. The van der Waals surface area contributed by atoms with Crippen molar-refractivity contribution < 1.29 is 4.92 Å². The summed E-state index contributed by atoms with van der Waals surface area (Å²) in [6.07, 6.45) is 3.41. The third-order valence-corrected chi connectivity index (χ3v) is 3.09. The Bertz CT molecular complexity index is 861. The number of aromatic nitrogens is 1. The maximum Gasteiger partial charge on any atom is 0.271 e. The van der Waals surface area contributed by atoms with E-state index in [9.17, 15) is 10.1 Å². The van der Waals surface area contributed by atoms with Crippen LogP contribution in [0.2, 0.25) is 0 Å². The lowest BCUT2D eigenvalue weighted by molar-refractivity contribution is -0.384. The van der Waals surface area contributed by atoms with Crippen molar-refractivity contribution in [1.29, 1.82) is 0 Å². The van der Waals surface area contributed by atoms with Crippen molar-refractivity contribution >= 4 is 28.5 Å². The Morgan fingerprint density at radius 2 is 2.05 bits per heavy atom. The van der Waals surface area contributed by atoms with E-state index in [0.717, 1.165) is 16.5 Å². The normalized spacial score (nSPS) is 10.9. The van der Waals surface area contributed by atoms with Gasteiger partial charge in [-0.3, -0.25) is 20.5 Å². The standard InChI is InChI=1S/C16H12N4O2/c21-20(22)15-5-1-4-14(10-15)19-18-11-12-6-7-16-13(9-12)3-2-8-17-16/h1-11,19H/b18-11-. The molecule has 3 aromatic rings. The first kappa shape index (κ1) is 13.7. The van der Waals surface area contributed by atoms with Gasteiger partial charge in [0.1, 0.15) is 0 Å². The average Bonchev–Trinajstić information content (AvgIpc) is 2.55. The van der Waals surface area contributed by atoms with Crippen LogP contribution >= 0.6 is 0 Å². The van der Waals surface area contributed by atoms with Crippen LogP contribution in [0.25, 0.3) is 10.9 Å². The zero-order valence-corrected chi connectivity index (χ0v) is 11.5. The molecule has 0 bridgehead atoms. The Morgan fingerprint density at radius 3 is 2.91 bits per heavy atom. The summed E-state index contributed by atoms with van der Waals surface area (Å²) >= 11 is 0. The molecule has 6 heteroatoms.